The SMILES string of the molecule is CC(NCC(C)(C)CN(C)C)C1CCCCC1. The molecule has 0 radical (unpaired) electrons. The molecule has 0 bridgehead atoms. The third kappa shape index (κ3) is 5.87. The summed E-state index contributed by atoms with van der Waals surface area (Å²) in [5.74, 6) is 0.916. The molecule has 0 aromatic heterocycles. The molecule has 1 aliphatic rings. The second-order valence-electron chi connectivity index (χ2n) is 6.97. The normalized spacial score (nSPS) is 20.8. The van der Waals surface area contributed by atoms with E-state index < -0.39 is 0 Å². The van der Waals surface area contributed by atoms with Crippen molar-refractivity contribution in [1.82, 2.24) is 10.2 Å². The van der Waals surface area contributed by atoms with Crippen LogP contribution in [0.15, 0.2) is 0 Å². The lowest BCUT2D eigenvalue weighted by Crippen LogP contribution is -2.43. The van der Waals surface area contributed by atoms with E-state index in [-0.39, 0.29) is 0 Å². The highest BCUT2D eigenvalue weighted by Crippen LogP contribution is 2.26. The van der Waals surface area contributed by atoms with E-state index in [0.29, 0.717) is 11.5 Å². The highest BCUT2D eigenvalue weighted by atomic mass is 15.1. The zero-order chi connectivity index (χ0) is 12.9. The number of nitrogens with one attached hydrogen (secondary N) is 1. The molecule has 102 valence electrons. The van der Waals surface area contributed by atoms with Gasteiger partial charge >= 0.3 is 0 Å². The molecule has 0 saturated heterocycles. The Balaban J connectivity index is 2.28. The Kier molecular flexibility index (Phi) is 5.94. The van der Waals surface area contributed by atoms with Crippen molar-refractivity contribution in [3.63, 3.8) is 0 Å². The predicted molar refractivity (Wildman–Crippen MR) is 76.4 cm³/mol. The van der Waals surface area contributed by atoms with Gasteiger partial charge in [-0.2, -0.15) is 0 Å². The summed E-state index contributed by atoms with van der Waals surface area (Å²) in [6.45, 7) is 9.36. The fourth-order valence-electron chi connectivity index (χ4n) is 3.15. The van der Waals surface area contributed by atoms with E-state index in [0.717, 1.165) is 19.0 Å². The molecule has 0 heterocycles. The fraction of sp³-hybridized carbons (Fsp3) is 1.00. The van der Waals surface area contributed by atoms with Gasteiger partial charge in [-0.15, -0.1) is 0 Å². The van der Waals surface area contributed by atoms with Gasteiger partial charge in [0.1, 0.15) is 0 Å². The summed E-state index contributed by atoms with van der Waals surface area (Å²) >= 11 is 0. The van der Waals surface area contributed by atoms with Crippen LogP contribution in [0, 0.1) is 11.3 Å². The van der Waals surface area contributed by atoms with Crippen molar-refractivity contribution in [2.45, 2.75) is 58.9 Å². The lowest BCUT2D eigenvalue weighted by atomic mass is 9.84. The summed E-state index contributed by atoms with van der Waals surface area (Å²) in [6, 6.07) is 0.691. The second kappa shape index (κ2) is 6.75. The first kappa shape index (κ1) is 15.0. The lowest BCUT2D eigenvalue weighted by molar-refractivity contribution is 0.205. The molecule has 1 fully saturated rings. The molecule has 0 aromatic rings. The Labute approximate surface area is 108 Å². The molecule has 1 atom stereocenters. The van der Waals surface area contributed by atoms with Crippen molar-refractivity contribution in [3.05, 3.63) is 0 Å². The lowest BCUT2D eigenvalue weighted by Gasteiger charge is -2.33. The van der Waals surface area contributed by atoms with Gasteiger partial charge in [0, 0.05) is 19.1 Å². The van der Waals surface area contributed by atoms with Crippen LogP contribution in [0.3, 0.4) is 0 Å². The van der Waals surface area contributed by atoms with Gasteiger partial charge in [-0.25, -0.2) is 0 Å². The summed E-state index contributed by atoms with van der Waals surface area (Å²) < 4.78 is 0. The molecule has 1 rings (SSSR count). The maximum Gasteiger partial charge on any atom is 0.00672 e. The van der Waals surface area contributed by atoms with Crippen LogP contribution in [0.25, 0.3) is 0 Å². The minimum absolute atomic E-state index is 0.367. The molecule has 1 saturated carbocycles. The van der Waals surface area contributed by atoms with Crippen molar-refractivity contribution in [1.29, 1.82) is 0 Å². The average Bonchev–Trinajstić information content (AvgIpc) is 2.25. The van der Waals surface area contributed by atoms with Crippen molar-refractivity contribution in [3.8, 4) is 0 Å². The molecular formula is C15H32N2. The summed E-state index contributed by atoms with van der Waals surface area (Å²) in [6.07, 6.45) is 7.20. The van der Waals surface area contributed by atoms with Gasteiger partial charge in [-0.1, -0.05) is 33.1 Å². The first-order valence-corrected chi connectivity index (χ1v) is 7.29. The first-order valence-electron chi connectivity index (χ1n) is 7.29. The molecule has 2 nitrogen and oxygen atoms in total. The quantitative estimate of drug-likeness (QED) is 0.767. The fourth-order valence-corrected chi connectivity index (χ4v) is 3.15. The van der Waals surface area contributed by atoms with Gasteiger partial charge < -0.3 is 10.2 Å². The number of hydrogen-bond acceptors (Lipinski definition) is 2. The Bertz CT molecular complexity index is 205. The molecule has 0 aromatic carbocycles. The van der Waals surface area contributed by atoms with Crippen molar-refractivity contribution in [2.24, 2.45) is 11.3 Å². The zero-order valence-electron chi connectivity index (χ0n) is 12.6. The Morgan fingerprint density at radius 2 is 1.76 bits per heavy atom. The topological polar surface area (TPSA) is 15.3 Å². The molecule has 1 aliphatic carbocycles. The minimum Gasteiger partial charge on any atom is -0.313 e. The standard InChI is InChI=1S/C15H32N2/c1-13(14-9-7-6-8-10-14)16-11-15(2,3)12-17(4)5/h13-14,16H,6-12H2,1-5H3. The highest BCUT2D eigenvalue weighted by Gasteiger charge is 2.23. The molecular weight excluding hydrogens is 208 g/mol. The van der Waals surface area contributed by atoms with E-state index in [1.807, 2.05) is 0 Å². The summed E-state index contributed by atoms with van der Waals surface area (Å²) in [5, 5.41) is 3.77. The van der Waals surface area contributed by atoms with Crippen LogP contribution in [0.4, 0.5) is 0 Å². The van der Waals surface area contributed by atoms with Gasteiger partial charge in [0.05, 0.1) is 0 Å². The van der Waals surface area contributed by atoms with Crippen molar-refractivity contribution in [2.75, 3.05) is 27.2 Å². The third-order valence-electron chi connectivity index (χ3n) is 4.00. The van der Waals surface area contributed by atoms with Crippen molar-refractivity contribution < 1.29 is 0 Å². The van der Waals surface area contributed by atoms with Crippen molar-refractivity contribution >= 4 is 0 Å². The van der Waals surface area contributed by atoms with Gasteiger partial charge in [0.15, 0.2) is 0 Å². The van der Waals surface area contributed by atoms with E-state index in [9.17, 15) is 0 Å². The van der Waals surface area contributed by atoms with E-state index in [1.54, 1.807) is 0 Å². The third-order valence-corrected chi connectivity index (χ3v) is 4.00. The predicted octanol–water partition coefficient (Wildman–Crippen LogP) is 3.13. The molecule has 0 amide bonds. The van der Waals surface area contributed by atoms with Gasteiger partial charge in [0.25, 0.3) is 0 Å². The second-order valence-corrected chi connectivity index (χ2v) is 6.97. The summed E-state index contributed by atoms with van der Waals surface area (Å²) in [5.41, 5.74) is 0.367. The maximum absolute atomic E-state index is 3.77. The summed E-state index contributed by atoms with van der Waals surface area (Å²) in [4.78, 5) is 2.28. The van der Waals surface area contributed by atoms with Crippen LogP contribution < -0.4 is 5.32 Å². The maximum atomic E-state index is 3.77. The van der Waals surface area contributed by atoms with Crippen LogP contribution in [0.2, 0.25) is 0 Å². The van der Waals surface area contributed by atoms with Crippen LogP contribution in [0.1, 0.15) is 52.9 Å². The Hall–Kier alpha value is -0.0800. The number of rotatable bonds is 6. The molecule has 0 aliphatic heterocycles. The average molecular weight is 240 g/mol. The van der Waals surface area contributed by atoms with Gasteiger partial charge in [-0.05, 0) is 45.2 Å². The molecule has 1 N–H and O–H groups in total. The van der Waals surface area contributed by atoms with Crippen LogP contribution in [0.5, 0.6) is 0 Å². The highest BCUT2D eigenvalue weighted by molar-refractivity contribution is 4.80. The van der Waals surface area contributed by atoms with Gasteiger partial charge in [0.2, 0.25) is 0 Å². The Morgan fingerprint density at radius 3 is 2.29 bits per heavy atom. The van der Waals surface area contributed by atoms with E-state index in [1.165, 1.54) is 32.1 Å². The summed E-state index contributed by atoms with van der Waals surface area (Å²) in [7, 11) is 4.32. The van der Waals surface area contributed by atoms with Gasteiger partial charge in [-0.3, -0.25) is 0 Å². The molecule has 17 heavy (non-hydrogen) atoms. The number of hydrogen-bond donors (Lipinski definition) is 1. The zero-order valence-corrected chi connectivity index (χ0v) is 12.6. The van der Waals surface area contributed by atoms with Crippen LogP contribution in [-0.4, -0.2) is 38.1 Å². The largest absolute Gasteiger partial charge is 0.313 e. The molecule has 2 heteroatoms. The van der Waals surface area contributed by atoms with E-state index >= 15 is 0 Å². The van der Waals surface area contributed by atoms with Crippen LogP contribution >= 0.6 is 0 Å². The number of nitrogens with zero attached hydrogens (tertiary/aromatic N) is 1. The first-order chi connectivity index (χ1) is 7.91. The monoisotopic (exact) mass is 240 g/mol. The smallest absolute Gasteiger partial charge is 0.00672 e. The Morgan fingerprint density at radius 1 is 1.18 bits per heavy atom. The van der Waals surface area contributed by atoms with E-state index in [2.05, 4.69) is 45.1 Å². The van der Waals surface area contributed by atoms with E-state index in [4.69, 9.17) is 0 Å². The molecule has 0 spiro atoms. The molecule has 1 unspecified atom stereocenters. The van der Waals surface area contributed by atoms with Crippen LogP contribution in [-0.2, 0) is 0 Å². The minimum atomic E-state index is 0.367.